The molecule has 1 aliphatic carbocycles. The summed E-state index contributed by atoms with van der Waals surface area (Å²) in [6, 6.07) is 5.11. The molecule has 0 aliphatic heterocycles. The Balaban J connectivity index is 1.67. The number of nitrogens with zero attached hydrogens (tertiary/aromatic N) is 1. The first kappa shape index (κ1) is 12.9. The number of ether oxygens (including phenoxy) is 1. The molecule has 0 spiro atoms. The molecule has 20 heavy (non-hydrogen) atoms. The number of hydrogen-bond acceptors (Lipinski definition) is 5. The normalized spacial score (nSPS) is 16.1. The summed E-state index contributed by atoms with van der Waals surface area (Å²) in [5.74, 6) is 1.25. The Kier molecular flexibility index (Phi) is 3.56. The van der Waals surface area contributed by atoms with Gasteiger partial charge in [-0.25, -0.2) is 0 Å². The summed E-state index contributed by atoms with van der Waals surface area (Å²) >= 11 is 0. The fourth-order valence-electron chi connectivity index (χ4n) is 2.13. The fraction of sp³-hybridized carbons (Fsp3) is 0.429. The highest BCUT2D eigenvalue weighted by Gasteiger charge is 2.33. The monoisotopic (exact) mass is 276 g/mol. The van der Waals surface area contributed by atoms with Crippen molar-refractivity contribution in [3.8, 4) is 11.5 Å². The number of carbonyl (C=O) groups excluding carboxylic acids is 1. The second-order valence-corrected chi connectivity index (χ2v) is 4.93. The second kappa shape index (κ2) is 5.50. The van der Waals surface area contributed by atoms with E-state index in [0.29, 0.717) is 24.0 Å². The van der Waals surface area contributed by atoms with Gasteiger partial charge in [0.1, 0.15) is 0 Å². The smallest absolute Gasteiger partial charge is 0.273 e. The van der Waals surface area contributed by atoms with E-state index >= 15 is 0 Å². The Morgan fingerprint density at radius 3 is 3.05 bits per heavy atom. The van der Waals surface area contributed by atoms with Gasteiger partial charge in [0.2, 0.25) is 5.76 Å². The first-order valence-corrected chi connectivity index (χ1v) is 6.58. The second-order valence-electron chi connectivity index (χ2n) is 4.93. The van der Waals surface area contributed by atoms with Crippen molar-refractivity contribution in [2.24, 2.45) is 5.92 Å². The SMILES string of the molecule is COCC(NC(=O)c1cc(-c2ccco2)on1)C1CC1. The molecule has 1 saturated carbocycles. The average molecular weight is 276 g/mol. The number of carbonyl (C=O) groups is 1. The maximum absolute atomic E-state index is 12.1. The molecule has 3 rings (SSSR count). The summed E-state index contributed by atoms with van der Waals surface area (Å²) in [5, 5.41) is 6.71. The molecule has 1 aliphatic rings. The molecule has 1 unspecified atom stereocenters. The predicted molar refractivity (Wildman–Crippen MR) is 70.1 cm³/mol. The largest absolute Gasteiger partial charge is 0.461 e. The van der Waals surface area contributed by atoms with Gasteiger partial charge in [-0.1, -0.05) is 5.16 Å². The molecular formula is C14H16N2O4. The van der Waals surface area contributed by atoms with Crippen molar-refractivity contribution in [2.45, 2.75) is 18.9 Å². The minimum absolute atomic E-state index is 0.0382. The van der Waals surface area contributed by atoms with Crippen LogP contribution in [0.25, 0.3) is 11.5 Å². The number of hydrogen-bond donors (Lipinski definition) is 1. The lowest BCUT2D eigenvalue weighted by atomic mass is 10.2. The lowest BCUT2D eigenvalue weighted by Crippen LogP contribution is -2.39. The van der Waals surface area contributed by atoms with Crippen molar-refractivity contribution in [2.75, 3.05) is 13.7 Å². The molecule has 1 N–H and O–H groups in total. The van der Waals surface area contributed by atoms with Crippen LogP contribution in [0.15, 0.2) is 33.4 Å². The lowest BCUT2D eigenvalue weighted by Gasteiger charge is -2.16. The van der Waals surface area contributed by atoms with Crippen LogP contribution in [0.3, 0.4) is 0 Å². The Labute approximate surface area is 116 Å². The van der Waals surface area contributed by atoms with Gasteiger partial charge < -0.3 is 19.0 Å². The van der Waals surface area contributed by atoms with E-state index in [-0.39, 0.29) is 17.6 Å². The molecule has 2 heterocycles. The zero-order chi connectivity index (χ0) is 13.9. The van der Waals surface area contributed by atoms with Crippen molar-refractivity contribution in [1.82, 2.24) is 10.5 Å². The van der Waals surface area contributed by atoms with E-state index in [0.717, 1.165) is 12.8 Å². The standard InChI is InChI=1S/C14H16N2O4/c1-18-8-11(9-4-5-9)15-14(17)10-7-13(20-16-10)12-3-2-6-19-12/h2-3,6-7,9,11H,4-5,8H2,1H3,(H,15,17). The minimum Gasteiger partial charge on any atom is -0.461 e. The van der Waals surface area contributed by atoms with Crippen LogP contribution < -0.4 is 5.32 Å². The molecule has 6 nitrogen and oxygen atoms in total. The van der Waals surface area contributed by atoms with Crippen molar-refractivity contribution in [1.29, 1.82) is 0 Å². The van der Waals surface area contributed by atoms with Gasteiger partial charge in [-0.3, -0.25) is 4.79 Å². The third-order valence-electron chi connectivity index (χ3n) is 3.36. The topological polar surface area (TPSA) is 77.5 Å². The maximum Gasteiger partial charge on any atom is 0.273 e. The summed E-state index contributed by atoms with van der Waals surface area (Å²) in [4.78, 5) is 12.1. The van der Waals surface area contributed by atoms with Crippen LogP contribution in [0, 0.1) is 5.92 Å². The lowest BCUT2D eigenvalue weighted by molar-refractivity contribution is 0.0875. The van der Waals surface area contributed by atoms with E-state index in [4.69, 9.17) is 13.7 Å². The molecule has 0 radical (unpaired) electrons. The summed E-state index contributed by atoms with van der Waals surface area (Å²) in [7, 11) is 1.63. The summed E-state index contributed by atoms with van der Waals surface area (Å²) in [6.07, 6.45) is 3.80. The van der Waals surface area contributed by atoms with Gasteiger partial charge in [0.05, 0.1) is 18.9 Å². The molecule has 106 valence electrons. The van der Waals surface area contributed by atoms with Crippen LogP contribution >= 0.6 is 0 Å². The summed E-state index contributed by atoms with van der Waals surface area (Å²) < 4.78 is 15.4. The van der Waals surface area contributed by atoms with Gasteiger partial charge in [-0.05, 0) is 30.9 Å². The number of furan rings is 1. The van der Waals surface area contributed by atoms with Crippen molar-refractivity contribution < 1.29 is 18.5 Å². The average Bonchev–Trinajstić information content (AvgIpc) is 2.94. The number of rotatable bonds is 6. The Bertz CT molecular complexity index is 572. The molecule has 0 bridgehead atoms. The van der Waals surface area contributed by atoms with Crippen LogP contribution in [-0.2, 0) is 4.74 Å². The number of nitrogens with one attached hydrogen (secondary N) is 1. The molecule has 0 saturated heterocycles. The molecular weight excluding hydrogens is 260 g/mol. The molecule has 2 aromatic rings. The molecule has 2 aromatic heterocycles. The predicted octanol–water partition coefficient (Wildman–Crippen LogP) is 2.09. The summed E-state index contributed by atoms with van der Waals surface area (Å²) in [5.41, 5.74) is 0.248. The van der Waals surface area contributed by atoms with Gasteiger partial charge in [-0.2, -0.15) is 0 Å². The van der Waals surface area contributed by atoms with Crippen LogP contribution in [-0.4, -0.2) is 30.8 Å². The zero-order valence-electron chi connectivity index (χ0n) is 11.2. The molecule has 1 amide bonds. The van der Waals surface area contributed by atoms with E-state index in [9.17, 15) is 4.79 Å². The van der Waals surface area contributed by atoms with E-state index in [1.165, 1.54) is 0 Å². The van der Waals surface area contributed by atoms with E-state index < -0.39 is 0 Å². The minimum atomic E-state index is -0.250. The highest BCUT2D eigenvalue weighted by atomic mass is 16.5. The summed E-state index contributed by atoms with van der Waals surface area (Å²) in [6.45, 7) is 0.513. The highest BCUT2D eigenvalue weighted by molar-refractivity contribution is 5.93. The van der Waals surface area contributed by atoms with Gasteiger partial charge >= 0.3 is 0 Å². The Morgan fingerprint density at radius 2 is 2.40 bits per heavy atom. The quantitative estimate of drug-likeness (QED) is 0.874. The van der Waals surface area contributed by atoms with Gasteiger partial charge in [0.25, 0.3) is 5.91 Å². The van der Waals surface area contributed by atoms with Crippen molar-refractivity contribution in [3.05, 3.63) is 30.2 Å². The number of aromatic nitrogens is 1. The van der Waals surface area contributed by atoms with E-state index in [2.05, 4.69) is 10.5 Å². The van der Waals surface area contributed by atoms with E-state index in [1.54, 1.807) is 31.6 Å². The third-order valence-corrected chi connectivity index (χ3v) is 3.36. The third kappa shape index (κ3) is 2.75. The first-order chi connectivity index (χ1) is 9.78. The molecule has 1 fully saturated rings. The molecule has 0 aromatic carbocycles. The van der Waals surface area contributed by atoms with Gasteiger partial charge in [0, 0.05) is 13.2 Å². The first-order valence-electron chi connectivity index (χ1n) is 6.58. The van der Waals surface area contributed by atoms with E-state index in [1.807, 2.05) is 0 Å². The van der Waals surface area contributed by atoms with Crippen LogP contribution in [0.2, 0.25) is 0 Å². The Hall–Kier alpha value is -2.08. The number of amides is 1. The molecule has 6 heteroatoms. The zero-order valence-corrected chi connectivity index (χ0v) is 11.2. The van der Waals surface area contributed by atoms with Crippen LogP contribution in [0.5, 0.6) is 0 Å². The van der Waals surface area contributed by atoms with Crippen LogP contribution in [0.4, 0.5) is 0 Å². The highest BCUT2D eigenvalue weighted by Crippen LogP contribution is 2.32. The van der Waals surface area contributed by atoms with Gasteiger partial charge in [0.15, 0.2) is 11.5 Å². The maximum atomic E-state index is 12.1. The fourth-order valence-corrected chi connectivity index (χ4v) is 2.13. The molecule has 1 atom stereocenters. The van der Waals surface area contributed by atoms with Crippen molar-refractivity contribution >= 4 is 5.91 Å². The van der Waals surface area contributed by atoms with Crippen LogP contribution in [0.1, 0.15) is 23.3 Å². The number of methoxy groups -OCH3 is 1. The van der Waals surface area contributed by atoms with Gasteiger partial charge in [-0.15, -0.1) is 0 Å². The van der Waals surface area contributed by atoms with Crippen molar-refractivity contribution in [3.63, 3.8) is 0 Å². The Morgan fingerprint density at radius 1 is 1.55 bits per heavy atom.